The number of hydrogen-bond donors (Lipinski definition) is 0. The van der Waals surface area contributed by atoms with E-state index in [0.717, 1.165) is 7.11 Å². The molecule has 0 heterocycles. The zero-order chi connectivity index (χ0) is 13.4. The lowest BCUT2D eigenvalue weighted by Gasteiger charge is -2.03. The SMILES string of the molecule is C#CCOS(=O)(=O)CCCCCS(=O)(=O)OC. The normalized spacial score (nSPS) is 12.2. The predicted octanol–water partition coefficient (Wildman–Crippen LogP) is 0.113. The molecule has 0 fully saturated rings. The summed E-state index contributed by atoms with van der Waals surface area (Å²) in [5.41, 5.74) is 0. The van der Waals surface area contributed by atoms with Crippen molar-refractivity contribution < 1.29 is 25.2 Å². The van der Waals surface area contributed by atoms with E-state index in [9.17, 15) is 16.8 Å². The summed E-state index contributed by atoms with van der Waals surface area (Å²) in [6.45, 7) is -0.277. The first kappa shape index (κ1) is 16.4. The first-order chi connectivity index (χ1) is 7.83. The van der Waals surface area contributed by atoms with Crippen molar-refractivity contribution in [2.24, 2.45) is 0 Å². The highest BCUT2D eigenvalue weighted by Gasteiger charge is 2.11. The van der Waals surface area contributed by atoms with Crippen LogP contribution in [-0.4, -0.2) is 42.1 Å². The van der Waals surface area contributed by atoms with Gasteiger partial charge in [-0.15, -0.1) is 6.42 Å². The van der Waals surface area contributed by atoms with Crippen LogP contribution in [-0.2, 0) is 28.6 Å². The Morgan fingerprint density at radius 3 is 2.00 bits per heavy atom. The molecule has 0 rings (SSSR count). The van der Waals surface area contributed by atoms with Crippen molar-refractivity contribution in [1.29, 1.82) is 0 Å². The van der Waals surface area contributed by atoms with Gasteiger partial charge in [0.1, 0.15) is 6.61 Å². The summed E-state index contributed by atoms with van der Waals surface area (Å²) in [5.74, 6) is 1.77. The first-order valence-electron chi connectivity index (χ1n) is 4.92. The Bertz CT molecular complexity index is 442. The minimum atomic E-state index is -3.59. The molecule has 0 saturated heterocycles. The number of unbranched alkanes of at least 4 members (excludes halogenated alkanes) is 2. The standard InChI is InChI=1S/C9H16O6S2/c1-3-7-15-17(12,13)9-6-4-5-8-16(10,11)14-2/h1H,4-9H2,2H3. The van der Waals surface area contributed by atoms with Crippen LogP contribution in [0.2, 0.25) is 0 Å². The average Bonchev–Trinajstić information content (AvgIpc) is 2.26. The van der Waals surface area contributed by atoms with E-state index in [4.69, 9.17) is 6.42 Å². The highest BCUT2D eigenvalue weighted by atomic mass is 32.2. The summed E-state index contributed by atoms with van der Waals surface area (Å²) in [7, 11) is -5.95. The van der Waals surface area contributed by atoms with E-state index in [1.54, 1.807) is 0 Å². The van der Waals surface area contributed by atoms with Crippen molar-refractivity contribution in [1.82, 2.24) is 0 Å². The van der Waals surface area contributed by atoms with E-state index >= 15 is 0 Å². The summed E-state index contributed by atoms with van der Waals surface area (Å²) in [6.07, 6.45) is 5.99. The monoisotopic (exact) mass is 284 g/mol. The van der Waals surface area contributed by atoms with Crippen LogP contribution >= 0.6 is 0 Å². The molecule has 0 aromatic heterocycles. The Labute approximate surface area is 103 Å². The van der Waals surface area contributed by atoms with Gasteiger partial charge in [-0.05, 0) is 12.8 Å². The third-order valence-electron chi connectivity index (χ3n) is 1.86. The first-order valence-corrected chi connectivity index (χ1v) is 8.07. The van der Waals surface area contributed by atoms with Gasteiger partial charge < -0.3 is 0 Å². The van der Waals surface area contributed by atoms with Crippen molar-refractivity contribution in [3.05, 3.63) is 0 Å². The smallest absolute Gasteiger partial charge is 0.268 e. The summed E-state index contributed by atoms with van der Waals surface area (Å²) in [5, 5.41) is 0. The minimum Gasteiger partial charge on any atom is -0.273 e. The van der Waals surface area contributed by atoms with Crippen molar-refractivity contribution in [2.45, 2.75) is 19.3 Å². The molecule has 6 nitrogen and oxygen atoms in total. The lowest BCUT2D eigenvalue weighted by Crippen LogP contribution is -2.12. The Hall–Kier alpha value is -0.620. The highest BCUT2D eigenvalue weighted by Crippen LogP contribution is 2.04. The molecule has 0 aliphatic rings. The Morgan fingerprint density at radius 2 is 1.53 bits per heavy atom. The zero-order valence-corrected chi connectivity index (χ0v) is 11.2. The second-order valence-corrected chi connectivity index (χ2v) is 6.83. The molecule has 0 atom stereocenters. The van der Waals surface area contributed by atoms with Gasteiger partial charge in [0.15, 0.2) is 0 Å². The third-order valence-corrected chi connectivity index (χ3v) is 4.43. The fraction of sp³-hybridized carbons (Fsp3) is 0.778. The van der Waals surface area contributed by atoms with Gasteiger partial charge in [0.05, 0.1) is 18.6 Å². The number of hydrogen-bond acceptors (Lipinski definition) is 6. The van der Waals surface area contributed by atoms with E-state index in [2.05, 4.69) is 14.3 Å². The summed E-state index contributed by atoms with van der Waals surface area (Å²) < 4.78 is 52.8. The molecule has 0 N–H and O–H groups in total. The van der Waals surface area contributed by atoms with E-state index in [1.807, 2.05) is 0 Å². The Balaban J connectivity index is 3.76. The van der Waals surface area contributed by atoms with Gasteiger partial charge >= 0.3 is 0 Å². The molecule has 17 heavy (non-hydrogen) atoms. The highest BCUT2D eigenvalue weighted by molar-refractivity contribution is 7.86. The van der Waals surface area contributed by atoms with Gasteiger partial charge in [-0.2, -0.15) is 16.8 Å². The maximum atomic E-state index is 11.1. The summed E-state index contributed by atoms with van der Waals surface area (Å²) in [4.78, 5) is 0. The van der Waals surface area contributed by atoms with Crippen LogP contribution in [0.25, 0.3) is 0 Å². The van der Waals surface area contributed by atoms with Gasteiger partial charge in [-0.3, -0.25) is 8.37 Å². The molecule has 0 aliphatic heterocycles. The van der Waals surface area contributed by atoms with Crippen LogP contribution < -0.4 is 0 Å². The van der Waals surface area contributed by atoms with Crippen LogP contribution in [0.3, 0.4) is 0 Å². The zero-order valence-electron chi connectivity index (χ0n) is 9.59. The number of terminal acetylenes is 1. The van der Waals surface area contributed by atoms with Crippen molar-refractivity contribution in [3.63, 3.8) is 0 Å². The lowest BCUT2D eigenvalue weighted by atomic mass is 10.3. The van der Waals surface area contributed by atoms with Crippen LogP contribution in [0.5, 0.6) is 0 Å². The van der Waals surface area contributed by atoms with Gasteiger partial charge in [-0.25, -0.2) is 0 Å². The van der Waals surface area contributed by atoms with E-state index in [1.165, 1.54) is 0 Å². The third kappa shape index (κ3) is 9.12. The Morgan fingerprint density at radius 1 is 1.00 bits per heavy atom. The lowest BCUT2D eigenvalue weighted by molar-refractivity contribution is 0.362. The molecule has 0 radical (unpaired) electrons. The molecule has 0 saturated carbocycles. The molecule has 0 unspecified atom stereocenters. The average molecular weight is 284 g/mol. The maximum Gasteiger partial charge on any atom is 0.268 e. The van der Waals surface area contributed by atoms with Crippen LogP contribution in [0.15, 0.2) is 0 Å². The van der Waals surface area contributed by atoms with Crippen LogP contribution in [0, 0.1) is 12.3 Å². The summed E-state index contributed by atoms with van der Waals surface area (Å²) in [6, 6.07) is 0. The molecule has 0 aromatic carbocycles. The van der Waals surface area contributed by atoms with Gasteiger partial charge in [0.25, 0.3) is 20.2 Å². The number of rotatable bonds is 9. The van der Waals surface area contributed by atoms with E-state index < -0.39 is 20.2 Å². The van der Waals surface area contributed by atoms with Crippen molar-refractivity contribution >= 4 is 20.2 Å². The predicted molar refractivity (Wildman–Crippen MR) is 63.2 cm³/mol. The minimum absolute atomic E-state index is 0.116. The molecule has 100 valence electrons. The fourth-order valence-corrected chi connectivity index (χ4v) is 2.65. The Kier molecular flexibility index (Phi) is 7.38. The van der Waals surface area contributed by atoms with Crippen molar-refractivity contribution in [3.8, 4) is 12.3 Å². The van der Waals surface area contributed by atoms with Crippen LogP contribution in [0.4, 0.5) is 0 Å². The molecular weight excluding hydrogens is 268 g/mol. The van der Waals surface area contributed by atoms with Gasteiger partial charge in [-0.1, -0.05) is 12.3 Å². The quantitative estimate of drug-likeness (QED) is 0.339. The maximum absolute atomic E-state index is 11.1. The summed E-state index contributed by atoms with van der Waals surface area (Å²) >= 11 is 0. The molecule has 0 bridgehead atoms. The largest absolute Gasteiger partial charge is 0.273 e. The topological polar surface area (TPSA) is 86.7 Å². The fourth-order valence-electron chi connectivity index (χ4n) is 1.00. The molecule has 0 aromatic rings. The molecule has 0 aliphatic carbocycles. The second kappa shape index (κ2) is 7.66. The molecule has 0 amide bonds. The molecule has 8 heteroatoms. The second-order valence-electron chi connectivity index (χ2n) is 3.22. The molecule has 0 spiro atoms. The van der Waals surface area contributed by atoms with Gasteiger partial charge in [0.2, 0.25) is 0 Å². The van der Waals surface area contributed by atoms with E-state index in [0.29, 0.717) is 19.3 Å². The van der Waals surface area contributed by atoms with E-state index in [-0.39, 0.29) is 18.1 Å². The van der Waals surface area contributed by atoms with Crippen LogP contribution in [0.1, 0.15) is 19.3 Å². The van der Waals surface area contributed by atoms with Crippen molar-refractivity contribution in [2.75, 3.05) is 25.2 Å². The molecular formula is C9H16O6S2. The van der Waals surface area contributed by atoms with Gasteiger partial charge in [0, 0.05) is 0 Å².